The molecular weight excluding hydrogens is 178 g/mol. The molecule has 1 aromatic rings. The van der Waals surface area contributed by atoms with Gasteiger partial charge in [-0.15, -0.1) is 0 Å². The average Bonchev–Trinajstić information content (AvgIpc) is 2.18. The first-order chi connectivity index (χ1) is 6.72. The van der Waals surface area contributed by atoms with E-state index in [4.69, 9.17) is 15.6 Å². The third kappa shape index (κ3) is 3.77. The molecule has 0 unspecified atom stereocenters. The summed E-state index contributed by atoms with van der Waals surface area (Å²) in [5, 5.41) is 9.03. The Kier molecular flexibility index (Phi) is 4.43. The lowest BCUT2D eigenvalue weighted by Gasteiger charge is -2.08. The van der Waals surface area contributed by atoms with E-state index in [9.17, 15) is 0 Å². The Morgan fingerprint density at radius 3 is 2.93 bits per heavy atom. The van der Waals surface area contributed by atoms with Gasteiger partial charge in [-0.2, -0.15) is 0 Å². The Labute approximate surface area is 84.5 Å². The smallest absolute Gasteiger partial charge is 0.119 e. The van der Waals surface area contributed by atoms with Crippen LogP contribution in [-0.2, 0) is 6.54 Å². The summed E-state index contributed by atoms with van der Waals surface area (Å²) in [6.45, 7) is 2.80. The second-order valence-corrected chi connectivity index (χ2v) is 3.34. The van der Waals surface area contributed by atoms with Crippen LogP contribution in [0.4, 0.5) is 0 Å². The molecule has 0 bridgehead atoms. The van der Waals surface area contributed by atoms with Crippen molar-refractivity contribution in [3.63, 3.8) is 0 Å². The zero-order chi connectivity index (χ0) is 10.4. The van der Waals surface area contributed by atoms with E-state index in [-0.39, 0.29) is 6.10 Å². The maximum atomic E-state index is 9.03. The number of hydrogen-bond acceptors (Lipinski definition) is 3. The third-order valence-electron chi connectivity index (χ3n) is 1.94. The topological polar surface area (TPSA) is 55.5 Å². The second-order valence-electron chi connectivity index (χ2n) is 3.34. The first-order valence-corrected chi connectivity index (χ1v) is 4.82. The van der Waals surface area contributed by atoms with Crippen LogP contribution in [0.2, 0.25) is 0 Å². The van der Waals surface area contributed by atoms with E-state index in [2.05, 4.69) is 0 Å². The molecule has 0 heterocycles. The molecule has 3 N–H and O–H groups in total. The minimum absolute atomic E-state index is 0.312. The van der Waals surface area contributed by atoms with Crippen LogP contribution < -0.4 is 10.5 Å². The summed E-state index contributed by atoms with van der Waals surface area (Å²) in [5.41, 5.74) is 6.56. The van der Waals surface area contributed by atoms with Crippen LogP contribution in [-0.4, -0.2) is 17.8 Å². The minimum Gasteiger partial charge on any atom is -0.493 e. The van der Waals surface area contributed by atoms with Crippen LogP contribution in [0, 0.1) is 0 Å². The van der Waals surface area contributed by atoms with Crippen molar-refractivity contribution in [2.45, 2.75) is 26.0 Å². The molecule has 1 aromatic carbocycles. The molecule has 0 radical (unpaired) electrons. The molecular formula is C11H17NO2. The average molecular weight is 195 g/mol. The van der Waals surface area contributed by atoms with Crippen molar-refractivity contribution in [1.29, 1.82) is 0 Å². The van der Waals surface area contributed by atoms with Crippen molar-refractivity contribution in [2.75, 3.05) is 6.61 Å². The summed E-state index contributed by atoms with van der Waals surface area (Å²) in [6.07, 6.45) is 0.333. The highest BCUT2D eigenvalue weighted by atomic mass is 16.5. The van der Waals surface area contributed by atoms with Crippen molar-refractivity contribution in [2.24, 2.45) is 5.73 Å². The fourth-order valence-electron chi connectivity index (χ4n) is 1.11. The molecule has 3 nitrogen and oxygen atoms in total. The summed E-state index contributed by atoms with van der Waals surface area (Å²) in [4.78, 5) is 0. The van der Waals surface area contributed by atoms with Crippen molar-refractivity contribution < 1.29 is 9.84 Å². The Bertz CT molecular complexity index is 274. The molecule has 3 heteroatoms. The molecule has 0 aliphatic carbocycles. The van der Waals surface area contributed by atoms with E-state index in [1.807, 2.05) is 24.3 Å². The SMILES string of the molecule is C[C@@H](O)CCOc1cccc(CN)c1. The Hall–Kier alpha value is -1.06. The fourth-order valence-corrected chi connectivity index (χ4v) is 1.11. The van der Waals surface area contributed by atoms with E-state index < -0.39 is 0 Å². The Balaban J connectivity index is 2.42. The van der Waals surface area contributed by atoms with Crippen LogP contribution in [0.5, 0.6) is 5.75 Å². The molecule has 0 saturated heterocycles. The summed E-state index contributed by atoms with van der Waals surface area (Å²) >= 11 is 0. The van der Waals surface area contributed by atoms with Gasteiger partial charge < -0.3 is 15.6 Å². The lowest BCUT2D eigenvalue weighted by atomic mass is 10.2. The molecule has 78 valence electrons. The monoisotopic (exact) mass is 195 g/mol. The molecule has 0 aliphatic heterocycles. The largest absolute Gasteiger partial charge is 0.493 e. The van der Waals surface area contributed by atoms with Crippen LogP contribution in [0.15, 0.2) is 24.3 Å². The molecule has 1 rings (SSSR count). The van der Waals surface area contributed by atoms with E-state index in [0.717, 1.165) is 11.3 Å². The van der Waals surface area contributed by atoms with Gasteiger partial charge in [0, 0.05) is 13.0 Å². The van der Waals surface area contributed by atoms with E-state index in [1.54, 1.807) is 6.92 Å². The molecule has 0 aromatic heterocycles. The van der Waals surface area contributed by atoms with Crippen molar-refractivity contribution in [1.82, 2.24) is 0 Å². The molecule has 1 atom stereocenters. The van der Waals surface area contributed by atoms with E-state index >= 15 is 0 Å². The van der Waals surface area contributed by atoms with E-state index in [1.165, 1.54) is 0 Å². The molecule has 0 saturated carbocycles. The second kappa shape index (κ2) is 5.62. The number of nitrogens with two attached hydrogens (primary N) is 1. The zero-order valence-corrected chi connectivity index (χ0v) is 8.44. The number of ether oxygens (including phenoxy) is 1. The van der Waals surface area contributed by atoms with Crippen molar-refractivity contribution >= 4 is 0 Å². The zero-order valence-electron chi connectivity index (χ0n) is 8.44. The quantitative estimate of drug-likeness (QED) is 0.744. The maximum Gasteiger partial charge on any atom is 0.119 e. The van der Waals surface area contributed by atoms with Gasteiger partial charge in [0.1, 0.15) is 5.75 Å². The third-order valence-corrected chi connectivity index (χ3v) is 1.94. The van der Waals surface area contributed by atoms with Gasteiger partial charge in [0.15, 0.2) is 0 Å². The molecule has 0 aliphatic rings. The van der Waals surface area contributed by atoms with Crippen LogP contribution in [0.25, 0.3) is 0 Å². The highest BCUT2D eigenvalue weighted by Gasteiger charge is 1.98. The van der Waals surface area contributed by atoms with Gasteiger partial charge in [-0.05, 0) is 24.6 Å². The maximum absolute atomic E-state index is 9.03. The predicted octanol–water partition coefficient (Wildman–Crippen LogP) is 1.29. The number of rotatable bonds is 5. The molecule has 14 heavy (non-hydrogen) atoms. The molecule has 0 amide bonds. The Morgan fingerprint density at radius 2 is 2.29 bits per heavy atom. The van der Waals surface area contributed by atoms with Crippen LogP contribution >= 0.6 is 0 Å². The Morgan fingerprint density at radius 1 is 1.50 bits per heavy atom. The first kappa shape index (κ1) is 11.0. The van der Waals surface area contributed by atoms with Crippen LogP contribution in [0.3, 0.4) is 0 Å². The summed E-state index contributed by atoms with van der Waals surface area (Å²) in [5.74, 6) is 0.814. The van der Waals surface area contributed by atoms with Gasteiger partial charge in [0.25, 0.3) is 0 Å². The highest BCUT2D eigenvalue weighted by molar-refractivity contribution is 5.28. The lowest BCUT2D eigenvalue weighted by molar-refractivity contribution is 0.155. The predicted molar refractivity (Wildman–Crippen MR) is 56.1 cm³/mol. The van der Waals surface area contributed by atoms with Crippen molar-refractivity contribution in [3.8, 4) is 5.75 Å². The van der Waals surface area contributed by atoms with Gasteiger partial charge in [-0.1, -0.05) is 12.1 Å². The lowest BCUT2D eigenvalue weighted by Crippen LogP contribution is -2.07. The van der Waals surface area contributed by atoms with Gasteiger partial charge in [-0.25, -0.2) is 0 Å². The minimum atomic E-state index is -0.312. The summed E-state index contributed by atoms with van der Waals surface area (Å²) in [6, 6.07) is 7.69. The highest BCUT2D eigenvalue weighted by Crippen LogP contribution is 2.13. The van der Waals surface area contributed by atoms with Crippen molar-refractivity contribution in [3.05, 3.63) is 29.8 Å². The standard InChI is InChI=1S/C11H17NO2/c1-9(13)5-6-14-11-4-2-3-10(7-11)8-12/h2-4,7,9,13H,5-6,8,12H2,1H3/t9-/m1/s1. The van der Waals surface area contributed by atoms with Gasteiger partial charge in [-0.3, -0.25) is 0 Å². The van der Waals surface area contributed by atoms with E-state index in [0.29, 0.717) is 19.6 Å². The summed E-state index contributed by atoms with van der Waals surface area (Å²) < 4.78 is 5.44. The normalized spacial score (nSPS) is 12.5. The van der Waals surface area contributed by atoms with Gasteiger partial charge in [0.05, 0.1) is 12.7 Å². The number of hydrogen-bond donors (Lipinski definition) is 2. The number of benzene rings is 1. The van der Waals surface area contributed by atoms with Crippen LogP contribution in [0.1, 0.15) is 18.9 Å². The molecule has 0 spiro atoms. The fraction of sp³-hybridized carbons (Fsp3) is 0.455. The first-order valence-electron chi connectivity index (χ1n) is 4.82. The number of aliphatic hydroxyl groups excluding tert-OH is 1. The summed E-state index contributed by atoms with van der Waals surface area (Å²) in [7, 11) is 0. The van der Waals surface area contributed by atoms with Gasteiger partial charge in [0.2, 0.25) is 0 Å². The van der Waals surface area contributed by atoms with Gasteiger partial charge >= 0.3 is 0 Å². The molecule has 0 fully saturated rings. The number of aliphatic hydroxyl groups is 1.